The zero-order valence-corrected chi connectivity index (χ0v) is 13.1. The van der Waals surface area contributed by atoms with Crippen molar-refractivity contribution in [3.63, 3.8) is 0 Å². The Morgan fingerprint density at radius 3 is 3.00 bits per heavy atom. The maximum absolute atomic E-state index is 12.6. The highest BCUT2D eigenvalue weighted by Crippen LogP contribution is 2.23. The largest absolute Gasteiger partial charge is 0.347 e. The number of likely N-dealkylation sites (N-methyl/N-ethyl adjacent to an activating group) is 1. The molecule has 0 bridgehead atoms. The third kappa shape index (κ3) is 2.84. The number of aromatic nitrogens is 3. The van der Waals surface area contributed by atoms with Crippen LogP contribution in [-0.4, -0.2) is 57.3 Å². The fourth-order valence-electron chi connectivity index (χ4n) is 2.54. The van der Waals surface area contributed by atoms with Crippen LogP contribution >= 0.6 is 11.3 Å². The molecule has 1 atom stereocenters. The van der Waals surface area contributed by atoms with Gasteiger partial charge in [0.2, 0.25) is 0 Å². The van der Waals surface area contributed by atoms with Gasteiger partial charge in [-0.2, -0.15) is 0 Å². The zero-order chi connectivity index (χ0) is 14.8. The number of carbonyl (C=O) groups excluding carboxylic acids is 1. The lowest BCUT2D eigenvalue weighted by Crippen LogP contribution is -2.49. The lowest BCUT2D eigenvalue weighted by Gasteiger charge is -2.38. The van der Waals surface area contributed by atoms with Crippen LogP contribution in [0.3, 0.4) is 0 Å². The maximum Gasteiger partial charge on any atom is 0.265 e. The van der Waals surface area contributed by atoms with E-state index in [0.717, 1.165) is 35.2 Å². The number of hydrogen-bond donors (Lipinski definition) is 1. The van der Waals surface area contributed by atoms with Gasteiger partial charge in [0.1, 0.15) is 10.7 Å². The monoisotopic (exact) mass is 305 g/mol. The van der Waals surface area contributed by atoms with E-state index in [1.807, 2.05) is 11.1 Å². The van der Waals surface area contributed by atoms with Gasteiger partial charge in [0.15, 0.2) is 0 Å². The zero-order valence-electron chi connectivity index (χ0n) is 12.2. The number of aromatic amines is 1. The van der Waals surface area contributed by atoms with Gasteiger partial charge in [0, 0.05) is 32.0 Å². The van der Waals surface area contributed by atoms with E-state index < -0.39 is 0 Å². The molecule has 2 aromatic rings. The van der Waals surface area contributed by atoms with Gasteiger partial charge in [-0.3, -0.25) is 9.69 Å². The molecular formula is C14H19N5OS. The second-order valence-electron chi connectivity index (χ2n) is 5.19. The average Bonchev–Trinajstić information content (AvgIpc) is 3.18. The number of aryl methyl sites for hydroxylation is 1. The van der Waals surface area contributed by atoms with E-state index in [9.17, 15) is 4.79 Å². The van der Waals surface area contributed by atoms with E-state index in [2.05, 4.69) is 33.8 Å². The van der Waals surface area contributed by atoms with Gasteiger partial charge in [-0.15, -0.1) is 11.3 Å². The second kappa shape index (κ2) is 5.95. The van der Waals surface area contributed by atoms with Crippen molar-refractivity contribution in [2.24, 2.45) is 0 Å². The number of hydrogen-bond acceptors (Lipinski definition) is 5. The number of thiazole rings is 1. The number of amides is 1. The summed E-state index contributed by atoms with van der Waals surface area (Å²) in [6, 6.07) is 0.122. The van der Waals surface area contributed by atoms with E-state index in [-0.39, 0.29) is 11.9 Å². The lowest BCUT2D eigenvalue weighted by atomic mass is 10.1. The number of H-pyrrole nitrogens is 1. The molecule has 1 fully saturated rings. The molecule has 21 heavy (non-hydrogen) atoms. The van der Waals surface area contributed by atoms with Crippen LogP contribution in [-0.2, 0) is 6.42 Å². The van der Waals surface area contributed by atoms with E-state index in [4.69, 9.17) is 0 Å². The Hall–Kier alpha value is -1.73. The summed E-state index contributed by atoms with van der Waals surface area (Å²) in [5, 5.41) is 1.01. The molecule has 2 aromatic heterocycles. The number of nitrogens with zero attached hydrogens (tertiary/aromatic N) is 4. The molecule has 0 aromatic carbocycles. The molecule has 1 N–H and O–H groups in total. The van der Waals surface area contributed by atoms with Crippen LogP contribution in [0, 0.1) is 0 Å². The van der Waals surface area contributed by atoms with Crippen LogP contribution in [0.1, 0.15) is 33.5 Å². The lowest BCUT2D eigenvalue weighted by molar-refractivity contribution is 0.0539. The van der Waals surface area contributed by atoms with Gasteiger partial charge in [-0.1, -0.05) is 6.92 Å². The number of imidazole rings is 1. The van der Waals surface area contributed by atoms with Crippen molar-refractivity contribution in [1.82, 2.24) is 24.8 Å². The van der Waals surface area contributed by atoms with E-state index in [1.54, 1.807) is 12.4 Å². The van der Waals surface area contributed by atoms with Crippen LogP contribution in [0.25, 0.3) is 0 Å². The molecule has 7 heteroatoms. The summed E-state index contributed by atoms with van der Waals surface area (Å²) >= 11 is 1.49. The number of carbonyl (C=O) groups is 1. The summed E-state index contributed by atoms with van der Waals surface area (Å²) in [7, 11) is 2.07. The molecule has 1 unspecified atom stereocenters. The predicted molar refractivity (Wildman–Crippen MR) is 81.4 cm³/mol. The number of rotatable bonds is 3. The van der Waals surface area contributed by atoms with Crippen LogP contribution in [0.15, 0.2) is 18.6 Å². The molecule has 112 valence electrons. The van der Waals surface area contributed by atoms with Crippen molar-refractivity contribution in [3.8, 4) is 0 Å². The molecule has 3 heterocycles. The van der Waals surface area contributed by atoms with Crippen molar-refractivity contribution >= 4 is 17.2 Å². The molecule has 0 spiro atoms. The van der Waals surface area contributed by atoms with Gasteiger partial charge >= 0.3 is 0 Å². The molecule has 3 rings (SSSR count). The number of piperazine rings is 1. The number of nitrogens with one attached hydrogen (secondary N) is 1. The molecule has 1 amide bonds. The summed E-state index contributed by atoms with van der Waals surface area (Å²) in [6.07, 6.45) is 6.14. The van der Waals surface area contributed by atoms with Crippen molar-refractivity contribution in [2.45, 2.75) is 19.4 Å². The third-order valence-electron chi connectivity index (χ3n) is 3.84. The third-order valence-corrected chi connectivity index (χ3v) is 4.97. The van der Waals surface area contributed by atoms with Crippen LogP contribution in [0.4, 0.5) is 0 Å². The van der Waals surface area contributed by atoms with Gasteiger partial charge in [-0.25, -0.2) is 9.97 Å². The Morgan fingerprint density at radius 2 is 2.33 bits per heavy atom. The Balaban J connectivity index is 1.75. The minimum atomic E-state index is 0.0804. The summed E-state index contributed by atoms with van der Waals surface area (Å²) in [6.45, 7) is 4.29. The Morgan fingerprint density at radius 1 is 1.48 bits per heavy atom. The topological polar surface area (TPSA) is 65.1 Å². The Bertz CT molecular complexity index is 609. The normalized spacial score (nSPS) is 19.9. The van der Waals surface area contributed by atoms with Crippen LogP contribution in [0.2, 0.25) is 0 Å². The van der Waals surface area contributed by atoms with E-state index >= 15 is 0 Å². The highest BCUT2D eigenvalue weighted by Gasteiger charge is 2.30. The Labute approximate surface area is 127 Å². The SMILES string of the molecule is CCc1ncc(C(=O)N2CCN(C)C(c3ncc[nH]3)C2)s1. The predicted octanol–water partition coefficient (Wildman–Crippen LogP) is 1.56. The summed E-state index contributed by atoms with van der Waals surface area (Å²) < 4.78 is 0. The molecule has 0 radical (unpaired) electrons. The van der Waals surface area contributed by atoms with Crippen molar-refractivity contribution in [1.29, 1.82) is 0 Å². The smallest absolute Gasteiger partial charge is 0.265 e. The van der Waals surface area contributed by atoms with Crippen molar-refractivity contribution < 1.29 is 4.79 Å². The fraction of sp³-hybridized carbons (Fsp3) is 0.500. The van der Waals surface area contributed by atoms with Crippen LogP contribution in [0.5, 0.6) is 0 Å². The first-order valence-corrected chi connectivity index (χ1v) is 7.94. The molecule has 6 nitrogen and oxygen atoms in total. The average molecular weight is 305 g/mol. The molecule has 1 saturated heterocycles. The molecule has 0 aliphatic carbocycles. The second-order valence-corrected chi connectivity index (χ2v) is 6.31. The standard InChI is InChI=1S/C14H19N5OS/c1-3-12-17-8-11(21-12)14(20)19-7-6-18(2)10(9-19)13-15-4-5-16-13/h4-5,8,10H,3,6-7,9H2,1-2H3,(H,15,16). The summed E-state index contributed by atoms with van der Waals surface area (Å²) in [4.78, 5) is 29.2. The van der Waals surface area contributed by atoms with E-state index in [1.165, 1.54) is 11.3 Å². The van der Waals surface area contributed by atoms with Gasteiger partial charge < -0.3 is 9.88 Å². The Kier molecular flexibility index (Phi) is 4.03. The molecule has 1 aliphatic heterocycles. The van der Waals surface area contributed by atoms with Gasteiger partial charge in [0.05, 0.1) is 17.2 Å². The molecule has 1 aliphatic rings. The van der Waals surface area contributed by atoms with Crippen molar-refractivity contribution in [3.05, 3.63) is 34.3 Å². The van der Waals surface area contributed by atoms with Crippen molar-refractivity contribution in [2.75, 3.05) is 26.7 Å². The fourth-order valence-corrected chi connectivity index (χ4v) is 3.37. The minimum absolute atomic E-state index is 0.0804. The highest BCUT2D eigenvalue weighted by atomic mass is 32.1. The molecule has 0 saturated carbocycles. The summed E-state index contributed by atoms with van der Waals surface area (Å²) in [5.74, 6) is 0.991. The highest BCUT2D eigenvalue weighted by molar-refractivity contribution is 7.13. The van der Waals surface area contributed by atoms with Crippen LogP contribution < -0.4 is 0 Å². The first kappa shape index (κ1) is 14.2. The van der Waals surface area contributed by atoms with Gasteiger partial charge in [-0.05, 0) is 13.5 Å². The molecular weight excluding hydrogens is 286 g/mol. The van der Waals surface area contributed by atoms with E-state index in [0.29, 0.717) is 6.54 Å². The first-order chi connectivity index (χ1) is 10.2. The maximum atomic E-state index is 12.6. The summed E-state index contributed by atoms with van der Waals surface area (Å²) in [5.41, 5.74) is 0. The van der Waals surface area contributed by atoms with Gasteiger partial charge in [0.25, 0.3) is 5.91 Å². The minimum Gasteiger partial charge on any atom is -0.347 e. The first-order valence-electron chi connectivity index (χ1n) is 7.12. The quantitative estimate of drug-likeness (QED) is 0.934.